The Morgan fingerprint density at radius 2 is 1.39 bits per heavy atom. The molecule has 4 rings (SSSR count). The van der Waals surface area contributed by atoms with E-state index in [1.807, 2.05) is 67.1 Å². The van der Waals surface area contributed by atoms with Crippen LogP contribution in [-0.4, -0.2) is 20.9 Å². The molecule has 0 N–H and O–H groups in total. The van der Waals surface area contributed by atoms with Gasteiger partial charge in [-0.1, -0.05) is 44.2 Å². The van der Waals surface area contributed by atoms with Crippen molar-refractivity contribution < 1.29 is 4.79 Å². The fourth-order valence-electron chi connectivity index (χ4n) is 2.66. The number of rotatable bonds is 5. The van der Waals surface area contributed by atoms with Crippen LogP contribution in [0.5, 0.6) is 0 Å². The van der Waals surface area contributed by atoms with Gasteiger partial charge in [0.05, 0.1) is 11.4 Å². The molecule has 1 aromatic carbocycles. The molecule has 0 saturated heterocycles. The number of anilines is 2. The summed E-state index contributed by atoms with van der Waals surface area (Å²) in [5.41, 5.74) is 3.67. The number of nitrogens with zero attached hydrogens (tertiary/aromatic N) is 4. The van der Waals surface area contributed by atoms with E-state index in [4.69, 9.17) is 9.97 Å². The van der Waals surface area contributed by atoms with E-state index in [9.17, 15) is 4.79 Å². The molecule has 7 heteroatoms. The lowest BCUT2D eigenvalue weighted by Gasteiger charge is -2.18. The molecule has 0 saturated carbocycles. The molecular formula is C21H18N4OS2. The summed E-state index contributed by atoms with van der Waals surface area (Å²) >= 11 is 2.89. The fourth-order valence-corrected chi connectivity index (χ4v) is 4.39. The van der Waals surface area contributed by atoms with E-state index in [1.165, 1.54) is 22.7 Å². The van der Waals surface area contributed by atoms with E-state index in [1.54, 1.807) is 17.3 Å². The Morgan fingerprint density at radius 3 is 1.93 bits per heavy atom. The maximum atomic E-state index is 13.0. The largest absolute Gasteiger partial charge is 0.274 e. The average Bonchev–Trinajstić information content (AvgIpc) is 3.40. The Labute approximate surface area is 171 Å². The molecule has 0 spiro atoms. The van der Waals surface area contributed by atoms with Gasteiger partial charge in [0, 0.05) is 40.2 Å². The lowest BCUT2D eigenvalue weighted by atomic mass is 10.2. The number of aromatic nitrogens is 3. The van der Waals surface area contributed by atoms with E-state index in [0.717, 1.165) is 22.5 Å². The van der Waals surface area contributed by atoms with Crippen molar-refractivity contribution in [2.75, 3.05) is 4.90 Å². The molecule has 3 aromatic heterocycles. The number of hydrogen-bond donors (Lipinski definition) is 0. The molecule has 140 valence electrons. The summed E-state index contributed by atoms with van der Waals surface area (Å²) in [5, 5.41) is 5.19. The Morgan fingerprint density at radius 1 is 0.857 bits per heavy atom. The third-order valence-corrected chi connectivity index (χ3v) is 5.78. The Hall–Kier alpha value is -2.90. The lowest BCUT2D eigenvalue weighted by molar-refractivity contribution is -0.120. The summed E-state index contributed by atoms with van der Waals surface area (Å²) in [5.74, 6) is -0.193. The van der Waals surface area contributed by atoms with Crippen molar-refractivity contribution in [1.82, 2.24) is 15.0 Å². The molecule has 28 heavy (non-hydrogen) atoms. The molecule has 0 aliphatic heterocycles. The predicted molar refractivity (Wildman–Crippen MR) is 115 cm³/mol. The summed E-state index contributed by atoms with van der Waals surface area (Å²) in [6.07, 6.45) is 3.47. The van der Waals surface area contributed by atoms with Gasteiger partial charge >= 0.3 is 0 Å². The Kier molecular flexibility index (Phi) is 5.27. The summed E-state index contributed by atoms with van der Waals surface area (Å²) in [4.78, 5) is 28.1. The number of carbonyl (C=O) groups excluding carboxylic acids is 1. The number of pyridine rings is 1. The van der Waals surface area contributed by atoms with E-state index >= 15 is 0 Å². The van der Waals surface area contributed by atoms with Crippen molar-refractivity contribution in [3.8, 4) is 22.5 Å². The zero-order valence-electron chi connectivity index (χ0n) is 15.4. The van der Waals surface area contributed by atoms with E-state index in [2.05, 4.69) is 4.98 Å². The molecule has 1 amide bonds. The smallest absolute Gasteiger partial charge is 0.237 e. The van der Waals surface area contributed by atoms with Crippen LogP contribution in [0.25, 0.3) is 22.5 Å². The quantitative estimate of drug-likeness (QED) is 0.430. The van der Waals surface area contributed by atoms with Gasteiger partial charge in [0.25, 0.3) is 0 Å². The SMILES string of the molecule is CC(C)C(=O)N(c1nc(-c2ccccc2)cs1)c1nc(-c2ccncc2)cs1. The normalized spacial score (nSPS) is 11.0. The molecule has 3 heterocycles. The molecular weight excluding hydrogens is 388 g/mol. The van der Waals surface area contributed by atoms with Gasteiger partial charge in [0.2, 0.25) is 5.91 Å². The minimum Gasteiger partial charge on any atom is -0.274 e. The second kappa shape index (κ2) is 8.00. The van der Waals surface area contributed by atoms with Gasteiger partial charge in [-0.25, -0.2) is 14.9 Å². The van der Waals surface area contributed by atoms with Crippen LogP contribution in [0.3, 0.4) is 0 Å². The van der Waals surface area contributed by atoms with E-state index < -0.39 is 0 Å². The minimum absolute atomic E-state index is 0.0235. The van der Waals surface area contributed by atoms with Crippen LogP contribution in [0.4, 0.5) is 10.3 Å². The van der Waals surface area contributed by atoms with Crippen molar-refractivity contribution in [2.24, 2.45) is 5.92 Å². The number of amides is 1. The fraction of sp³-hybridized carbons (Fsp3) is 0.143. The summed E-state index contributed by atoms with van der Waals surface area (Å²) in [6.45, 7) is 3.77. The topological polar surface area (TPSA) is 59.0 Å². The van der Waals surface area contributed by atoms with E-state index in [-0.39, 0.29) is 11.8 Å². The highest BCUT2D eigenvalue weighted by Gasteiger charge is 2.26. The number of hydrogen-bond acceptors (Lipinski definition) is 6. The lowest BCUT2D eigenvalue weighted by Crippen LogP contribution is -2.29. The molecule has 0 aliphatic carbocycles. The van der Waals surface area contributed by atoms with Gasteiger partial charge < -0.3 is 0 Å². The first kappa shape index (κ1) is 18.5. The molecule has 0 unspecified atom stereocenters. The molecule has 0 fully saturated rings. The predicted octanol–water partition coefficient (Wildman–Crippen LogP) is 5.65. The summed E-state index contributed by atoms with van der Waals surface area (Å²) in [6, 6.07) is 13.8. The Balaban J connectivity index is 1.72. The van der Waals surface area contributed by atoms with Gasteiger partial charge in [-0.2, -0.15) is 0 Å². The van der Waals surface area contributed by atoms with Crippen LogP contribution in [-0.2, 0) is 4.79 Å². The van der Waals surface area contributed by atoms with Gasteiger partial charge in [-0.05, 0) is 12.1 Å². The Bertz CT molecular complexity index is 996. The molecule has 0 atom stereocenters. The summed E-state index contributed by atoms with van der Waals surface area (Å²) < 4.78 is 0. The monoisotopic (exact) mass is 406 g/mol. The van der Waals surface area contributed by atoms with Crippen LogP contribution in [0.1, 0.15) is 13.8 Å². The van der Waals surface area contributed by atoms with Gasteiger partial charge in [-0.15, -0.1) is 22.7 Å². The highest BCUT2D eigenvalue weighted by Crippen LogP contribution is 2.36. The highest BCUT2D eigenvalue weighted by atomic mass is 32.1. The van der Waals surface area contributed by atoms with Crippen LogP contribution >= 0.6 is 22.7 Å². The van der Waals surface area contributed by atoms with Crippen molar-refractivity contribution >= 4 is 38.8 Å². The standard InChI is InChI=1S/C21H18N4OS2/c1-14(2)19(26)25(20-23-17(12-27-20)15-6-4-3-5-7-15)21-24-18(13-28-21)16-8-10-22-11-9-16/h3-14H,1-2H3. The van der Waals surface area contributed by atoms with Gasteiger partial charge in [0.15, 0.2) is 10.3 Å². The second-order valence-electron chi connectivity index (χ2n) is 6.46. The first-order chi connectivity index (χ1) is 13.6. The average molecular weight is 407 g/mol. The molecule has 4 aromatic rings. The van der Waals surface area contributed by atoms with Crippen molar-refractivity contribution in [3.05, 3.63) is 65.6 Å². The maximum absolute atomic E-state index is 13.0. The second-order valence-corrected chi connectivity index (χ2v) is 8.13. The van der Waals surface area contributed by atoms with Crippen molar-refractivity contribution in [1.29, 1.82) is 0 Å². The van der Waals surface area contributed by atoms with Crippen molar-refractivity contribution in [2.45, 2.75) is 13.8 Å². The zero-order chi connectivity index (χ0) is 19.5. The third kappa shape index (κ3) is 3.72. The molecule has 5 nitrogen and oxygen atoms in total. The first-order valence-corrected chi connectivity index (χ1v) is 10.6. The van der Waals surface area contributed by atoms with Gasteiger partial charge in [0.1, 0.15) is 0 Å². The number of benzene rings is 1. The number of carbonyl (C=O) groups is 1. The van der Waals surface area contributed by atoms with Crippen LogP contribution in [0.15, 0.2) is 65.6 Å². The van der Waals surface area contributed by atoms with E-state index in [0.29, 0.717) is 10.3 Å². The van der Waals surface area contributed by atoms with Gasteiger partial charge in [-0.3, -0.25) is 9.78 Å². The zero-order valence-corrected chi connectivity index (χ0v) is 17.1. The van der Waals surface area contributed by atoms with Crippen LogP contribution in [0, 0.1) is 5.92 Å². The molecule has 0 radical (unpaired) electrons. The van der Waals surface area contributed by atoms with Crippen molar-refractivity contribution in [3.63, 3.8) is 0 Å². The maximum Gasteiger partial charge on any atom is 0.237 e. The van der Waals surface area contributed by atoms with Crippen LogP contribution < -0.4 is 4.90 Å². The third-order valence-electron chi connectivity index (χ3n) is 4.13. The molecule has 0 bridgehead atoms. The minimum atomic E-state index is -0.169. The summed E-state index contributed by atoms with van der Waals surface area (Å²) in [7, 11) is 0. The number of thiazole rings is 2. The van der Waals surface area contributed by atoms with Crippen LogP contribution in [0.2, 0.25) is 0 Å². The first-order valence-electron chi connectivity index (χ1n) is 8.84. The molecule has 0 aliphatic rings. The highest BCUT2D eigenvalue weighted by molar-refractivity contribution is 7.16.